The number of amides is 2. The molecule has 0 saturated heterocycles. The Labute approximate surface area is 107 Å². The van der Waals surface area contributed by atoms with Gasteiger partial charge in [-0.2, -0.15) is 0 Å². The molecule has 1 aliphatic carbocycles. The lowest BCUT2D eigenvalue weighted by Crippen LogP contribution is -2.37. The van der Waals surface area contributed by atoms with Gasteiger partial charge in [0.1, 0.15) is 0 Å². The average Bonchev–Trinajstić information content (AvgIpc) is 3.12. The van der Waals surface area contributed by atoms with E-state index in [-0.39, 0.29) is 24.3 Å². The van der Waals surface area contributed by atoms with Crippen LogP contribution in [0.15, 0.2) is 30.3 Å². The Balaban J connectivity index is 1.65. The van der Waals surface area contributed by atoms with Gasteiger partial charge in [-0.1, -0.05) is 37.3 Å². The third-order valence-electron chi connectivity index (χ3n) is 3.20. The van der Waals surface area contributed by atoms with Crippen LogP contribution in [0.3, 0.4) is 0 Å². The van der Waals surface area contributed by atoms with Gasteiger partial charge in [0.2, 0.25) is 11.8 Å². The van der Waals surface area contributed by atoms with E-state index < -0.39 is 0 Å². The zero-order valence-electron chi connectivity index (χ0n) is 10.5. The largest absolute Gasteiger partial charge is 0.350 e. The van der Waals surface area contributed by atoms with E-state index in [0.29, 0.717) is 12.5 Å². The number of hydrogen-bond acceptors (Lipinski definition) is 2. The van der Waals surface area contributed by atoms with E-state index in [1.165, 1.54) is 0 Å². The minimum absolute atomic E-state index is 0.00244. The van der Waals surface area contributed by atoms with Gasteiger partial charge in [-0.15, -0.1) is 0 Å². The highest BCUT2D eigenvalue weighted by atomic mass is 16.2. The summed E-state index contributed by atoms with van der Waals surface area (Å²) in [6, 6.07) is 9.69. The van der Waals surface area contributed by atoms with E-state index in [2.05, 4.69) is 10.6 Å². The first-order valence-electron chi connectivity index (χ1n) is 6.25. The second-order valence-electron chi connectivity index (χ2n) is 4.80. The standard InChI is InChI=1S/C14H18N2O2/c1-10-7-12(10)14(18)16-9-13(17)15-8-11-5-3-2-4-6-11/h2-6,10,12H,7-9H2,1H3,(H,15,17)(H,16,18)/t10-,12-/m1/s1. The van der Waals surface area contributed by atoms with Crippen LogP contribution in [0.4, 0.5) is 0 Å². The first-order chi connectivity index (χ1) is 8.66. The van der Waals surface area contributed by atoms with Gasteiger partial charge >= 0.3 is 0 Å². The monoisotopic (exact) mass is 246 g/mol. The van der Waals surface area contributed by atoms with Crippen LogP contribution < -0.4 is 10.6 Å². The fourth-order valence-electron chi connectivity index (χ4n) is 1.84. The van der Waals surface area contributed by atoms with E-state index in [1.54, 1.807) is 0 Å². The van der Waals surface area contributed by atoms with Gasteiger partial charge in [-0.25, -0.2) is 0 Å². The summed E-state index contributed by atoms with van der Waals surface area (Å²) >= 11 is 0. The van der Waals surface area contributed by atoms with E-state index >= 15 is 0 Å². The molecule has 1 aliphatic rings. The zero-order valence-corrected chi connectivity index (χ0v) is 10.5. The Kier molecular flexibility index (Phi) is 3.97. The van der Waals surface area contributed by atoms with Gasteiger partial charge in [0.05, 0.1) is 6.54 Å². The normalized spacial score (nSPS) is 21.2. The molecular weight excluding hydrogens is 228 g/mol. The predicted molar refractivity (Wildman–Crippen MR) is 68.6 cm³/mol. The van der Waals surface area contributed by atoms with Crippen LogP contribution in [0, 0.1) is 11.8 Å². The first kappa shape index (κ1) is 12.6. The summed E-state index contributed by atoms with van der Waals surface area (Å²) < 4.78 is 0. The smallest absolute Gasteiger partial charge is 0.239 e. The van der Waals surface area contributed by atoms with Crippen molar-refractivity contribution in [2.24, 2.45) is 11.8 Å². The fourth-order valence-corrected chi connectivity index (χ4v) is 1.84. The summed E-state index contributed by atoms with van der Waals surface area (Å²) in [6.07, 6.45) is 0.942. The van der Waals surface area contributed by atoms with Gasteiger partial charge in [0, 0.05) is 12.5 Å². The molecule has 0 spiro atoms. The molecule has 0 unspecified atom stereocenters. The minimum atomic E-state index is -0.152. The average molecular weight is 246 g/mol. The minimum Gasteiger partial charge on any atom is -0.350 e. The van der Waals surface area contributed by atoms with Crippen molar-refractivity contribution in [3.63, 3.8) is 0 Å². The SMILES string of the molecule is C[C@@H]1C[C@H]1C(=O)NCC(=O)NCc1ccccc1. The Morgan fingerprint density at radius 3 is 2.50 bits per heavy atom. The molecular formula is C14H18N2O2. The van der Waals surface area contributed by atoms with E-state index in [0.717, 1.165) is 12.0 Å². The molecule has 1 fully saturated rings. The molecule has 0 radical (unpaired) electrons. The molecule has 0 aromatic heterocycles. The van der Waals surface area contributed by atoms with Crippen LogP contribution in [0.2, 0.25) is 0 Å². The molecule has 96 valence electrons. The van der Waals surface area contributed by atoms with Crippen LogP contribution in [-0.4, -0.2) is 18.4 Å². The Hall–Kier alpha value is -1.84. The number of benzene rings is 1. The Morgan fingerprint density at radius 1 is 1.22 bits per heavy atom. The zero-order chi connectivity index (χ0) is 13.0. The lowest BCUT2D eigenvalue weighted by molar-refractivity contribution is -0.127. The summed E-state index contributed by atoms with van der Waals surface area (Å²) in [5, 5.41) is 5.43. The molecule has 2 N–H and O–H groups in total. The van der Waals surface area contributed by atoms with Gasteiger partial charge in [-0.05, 0) is 17.9 Å². The molecule has 0 aliphatic heterocycles. The van der Waals surface area contributed by atoms with Crippen LogP contribution in [0.25, 0.3) is 0 Å². The predicted octanol–water partition coefficient (Wildman–Crippen LogP) is 1.07. The van der Waals surface area contributed by atoms with Crippen molar-refractivity contribution in [1.29, 1.82) is 0 Å². The first-order valence-corrected chi connectivity index (χ1v) is 6.25. The molecule has 1 aromatic rings. The van der Waals surface area contributed by atoms with Crippen molar-refractivity contribution in [3.8, 4) is 0 Å². The molecule has 1 aromatic carbocycles. The van der Waals surface area contributed by atoms with Crippen LogP contribution in [0.1, 0.15) is 18.9 Å². The van der Waals surface area contributed by atoms with Crippen LogP contribution in [-0.2, 0) is 16.1 Å². The van der Waals surface area contributed by atoms with Gasteiger partial charge < -0.3 is 10.6 Å². The fraction of sp³-hybridized carbons (Fsp3) is 0.429. The summed E-state index contributed by atoms with van der Waals surface area (Å²) in [5.41, 5.74) is 1.05. The third-order valence-corrected chi connectivity index (χ3v) is 3.20. The molecule has 2 atom stereocenters. The van der Waals surface area contributed by atoms with E-state index in [9.17, 15) is 9.59 Å². The van der Waals surface area contributed by atoms with Crippen molar-refractivity contribution < 1.29 is 9.59 Å². The molecule has 18 heavy (non-hydrogen) atoms. The van der Waals surface area contributed by atoms with E-state index in [1.807, 2.05) is 37.3 Å². The molecule has 2 rings (SSSR count). The lowest BCUT2D eigenvalue weighted by Gasteiger charge is -2.06. The maximum atomic E-state index is 11.5. The molecule has 1 saturated carbocycles. The molecule has 0 bridgehead atoms. The number of nitrogens with one attached hydrogen (secondary N) is 2. The van der Waals surface area contributed by atoms with Crippen molar-refractivity contribution in [2.75, 3.05) is 6.54 Å². The summed E-state index contributed by atoms with van der Waals surface area (Å²) in [7, 11) is 0. The van der Waals surface area contributed by atoms with Gasteiger partial charge in [0.25, 0.3) is 0 Å². The lowest BCUT2D eigenvalue weighted by atomic mass is 10.2. The van der Waals surface area contributed by atoms with E-state index in [4.69, 9.17) is 0 Å². The summed E-state index contributed by atoms with van der Waals surface area (Å²) in [4.78, 5) is 23.0. The van der Waals surface area contributed by atoms with Crippen molar-refractivity contribution in [2.45, 2.75) is 19.9 Å². The highest BCUT2D eigenvalue weighted by Gasteiger charge is 2.38. The highest BCUT2D eigenvalue weighted by molar-refractivity contribution is 5.87. The Bertz CT molecular complexity index is 431. The van der Waals surface area contributed by atoms with Crippen molar-refractivity contribution >= 4 is 11.8 Å². The molecule has 2 amide bonds. The number of carbonyl (C=O) groups is 2. The van der Waals surface area contributed by atoms with Crippen LogP contribution in [0.5, 0.6) is 0 Å². The Morgan fingerprint density at radius 2 is 1.89 bits per heavy atom. The molecule has 4 nitrogen and oxygen atoms in total. The van der Waals surface area contributed by atoms with Crippen LogP contribution >= 0.6 is 0 Å². The quantitative estimate of drug-likeness (QED) is 0.816. The topological polar surface area (TPSA) is 58.2 Å². The summed E-state index contributed by atoms with van der Waals surface area (Å²) in [6.45, 7) is 2.60. The number of rotatable bonds is 5. The maximum Gasteiger partial charge on any atom is 0.239 e. The highest BCUT2D eigenvalue weighted by Crippen LogP contribution is 2.37. The second-order valence-corrected chi connectivity index (χ2v) is 4.80. The summed E-state index contributed by atoms with van der Waals surface area (Å²) in [5.74, 6) is 0.433. The molecule has 0 heterocycles. The van der Waals surface area contributed by atoms with Gasteiger partial charge in [-0.3, -0.25) is 9.59 Å². The maximum absolute atomic E-state index is 11.5. The third kappa shape index (κ3) is 3.58. The second kappa shape index (κ2) is 5.67. The molecule has 4 heteroatoms. The van der Waals surface area contributed by atoms with Crippen molar-refractivity contribution in [3.05, 3.63) is 35.9 Å². The van der Waals surface area contributed by atoms with Gasteiger partial charge in [0.15, 0.2) is 0 Å². The number of hydrogen-bond donors (Lipinski definition) is 2. The van der Waals surface area contributed by atoms with Crippen molar-refractivity contribution in [1.82, 2.24) is 10.6 Å². The number of carbonyl (C=O) groups excluding carboxylic acids is 2.